The van der Waals surface area contributed by atoms with Crippen LogP contribution in [0.5, 0.6) is 0 Å². The van der Waals surface area contributed by atoms with Crippen LogP contribution in [0.15, 0.2) is 49.1 Å². The SMILES string of the molecule is Fc1ccc(F)c(C2CCCN2c2ccn3ncc(-n4cc(C5CCCCC5)cn4)c3n2)c1. The zero-order chi connectivity index (χ0) is 22.4. The van der Waals surface area contributed by atoms with E-state index >= 15 is 0 Å². The maximum absolute atomic E-state index is 14.5. The van der Waals surface area contributed by atoms with Crippen LogP contribution in [0.3, 0.4) is 0 Å². The van der Waals surface area contributed by atoms with E-state index in [1.165, 1.54) is 49.8 Å². The van der Waals surface area contributed by atoms with E-state index < -0.39 is 5.82 Å². The molecule has 170 valence electrons. The molecule has 1 saturated heterocycles. The summed E-state index contributed by atoms with van der Waals surface area (Å²) in [6.45, 7) is 0.737. The van der Waals surface area contributed by atoms with Crippen LogP contribution in [-0.2, 0) is 0 Å². The summed E-state index contributed by atoms with van der Waals surface area (Å²) >= 11 is 0. The molecule has 4 aromatic rings. The topological polar surface area (TPSA) is 51.2 Å². The first-order chi connectivity index (χ1) is 16.2. The highest BCUT2D eigenvalue weighted by Gasteiger charge is 2.30. The molecule has 1 aromatic carbocycles. The summed E-state index contributed by atoms with van der Waals surface area (Å²) in [6, 6.07) is 5.30. The first-order valence-electron chi connectivity index (χ1n) is 11.8. The van der Waals surface area contributed by atoms with Crippen LogP contribution in [0.4, 0.5) is 14.6 Å². The second-order valence-electron chi connectivity index (χ2n) is 9.15. The van der Waals surface area contributed by atoms with Gasteiger partial charge in [0.15, 0.2) is 5.65 Å². The molecule has 1 aliphatic heterocycles. The second kappa shape index (κ2) is 8.24. The highest BCUT2D eigenvalue weighted by Crippen LogP contribution is 2.37. The lowest BCUT2D eigenvalue weighted by molar-refractivity contribution is 0.443. The molecular formula is C25H26F2N6. The molecule has 0 N–H and O–H groups in total. The zero-order valence-corrected chi connectivity index (χ0v) is 18.4. The normalized spacial score (nSPS) is 19.6. The molecule has 4 heterocycles. The molecule has 6 rings (SSSR count). The quantitative estimate of drug-likeness (QED) is 0.409. The van der Waals surface area contributed by atoms with Crippen molar-refractivity contribution in [2.24, 2.45) is 0 Å². The summed E-state index contributed by atoms with van der Waals surface area (Å²) in [7, 11) is 0. The standard InChI is InChI=1S/C25H26F2N6/c26-19-8-9-21(27)20(13-19)22-7-4-11-31(22)24-10-12-32-25(30-24)23(15-29-32)33-16-18(14-28-33)17-5-2-1-3-6-17/h8-10,12-17,22H,1-7,11H2. The van der Waals surface area contributed by atoms with Gasteiger partial charge in [0, 0.05) is 24.5 Å². The smallest absolute Gasteiger partial charge is 0.183 e. The molecule has 1 unspecified atom stereocenters. The number of hydrogen-bond acceptors (Lipinski definition) is 4. The average molecular weight is 449 g/mol. The Morgan fingerprint density at radius 2 is 1.79 bits per heavy atom. The molecule has 1 saturated carbocycles. The van der Waals surface area contributed by atoms with Crippen molar-refractivity contribution in [3.05, 3.63) is 71.8 Å². The third-order valence-corrected chi connectivity index (χ3v) is 7.13. The maximum atomic E-state index is 14.5. The van der Waals surface area contributed by atoms with Crippen LogP contribution >= 0.6 is 0 Å². The summed E-state index contributed by atoms with van der Waals surface area (Å²) in [5, 5.41) is 9.07. The fraction of sp³-hybridized carbons (Fsp3) is 0.400. The summed E-state index contributed by atoms with van der Waals surface area (Å²) in [5.41, 5.74) is 3.15. The highest BCUT2D eigenvalue weighted by atomic mass is 19.1. The number of anilines is 1. The summed E-state index contributed by atoms with van der Waals surface area (Å²) in [6.07, 6.45) is 15.7. The first-order valence-corrected chi connectivity index (χ1v) is 11.8. The van der Waals surface area contributed by atoms with Crippen molar-refractivity contribution in [2.75, 3.05) is 11.4 Å². The minimum absolute atomic E-state index is 0.246. The molecule has 6 nitrogen and oxygen atoms in total. The number of aromatic nitrogens is 5. The number of rotatable bonds is 4. The maximum Gasteiger partial charge on any atom is 0.183 e. The van der Waals surface area contributed by atoms with Crippen molar-refractivity contribution in [2.45, 2.75) is 56.9 Å². The lowest BCUT2D eigenvalue weighted by atomic mass is 9.86. The largest absolute Gasteiger partial charge is 0.349 e. The number of nitrogens with zero attached hydrogens (tertiary/aromatic N) is 6. The van der Waals surface area contributed by atoms with Crippen LogP contribution in [0.25, 0.3) is 11.3 Å². The molecule has 8 heteroatoms. The van der Waals surface area contributed by atoms with Gasteiger partial charge in [-0.05, 0) is 61.4 Å². The van der Waals surface area contributed by atoms with Gasteiger partial charge in [-0.3, -0.25) is 0 Å². The average Bonchev–Trinajstić information content (AvgIpc) is 3.60. The van der Waals surface area contributed by atoms with Crippen LogP contribution in [-0.4, -0.2) is 30.9 Å². The van der Waals surface area contributed by atoms with Gasteiger partial charge in [0.05, 0.1) is 18.4 Å². The lowest BCUT2D eigenvalue weighted by Gasteiger charge is -2.26. The van der Waals surface area contributed by atoms with E-state index in [4.69, 9.17) is 4.98 Å². The zero-order valence-electron chi connectivity index (χ0n) is 18.4. The lowest BCUT2D eigenvalue weighted by Crippen LogP contribution is -2.24. The molecular weight excluding hydrogens is 422 g/mol. The molecule has 0 radical (unpaired) electrons. The summed E-state index contributed by atoms with van der Waals surface area (Å²) < 4.78 is 32.0. The van der Waals surface area contributed by atoms with E-state index in [0.717, 1.165) is 37.0 Å². The number of halogens is 2. The molecule has 1 atom stereocenters. The van der Waals surface area contributed by atoms with Crippen LogP contribution in [0, 0.1) is 11.6 Å². The van der Waals surface area contributed by atoms with E-state index in [9.17, 15) is 8.78 Å². The Morgan fingerprint density at radius 1 is 0.909 bits per heavy atom. The van der Waals surface area contributed by atoms with Crippen LogP contribution < -0.4 is 4.90 Å². The monoisotopic (exact) mass is 448 g/mol. The molecule has 2 fully saturated rings. The predicted octanol–water partition coefficient (Wildman–Crippen LogP) is 5.58. The van der Waals surface area contributed by atoms with Gasteiger partial charge in [-0.1, -0.05) is 19.3 Å². The second-order valence-corrected chi connectivity index (χ2v) is 9.15. The van der Waals surface area contributed by atoms with Crippen molar-refractivity contribution in [1.82, 2.24) is 24.4 Å². The first kappa shape index (κ1) is 20.3. The Balaban J connectivity index is 1.34. The van der Waals surface area contributed by atoms with Crippen molar-refractivity contribution in [3.63, 3.8) is 0 Å². The Labute approximate surface area is 190 Å². The minimum Gasteiger partial charge on any atom is -0.349 e. The van der Waals surface area contributed by atoms with E-state index in [1.807, 2.05) is 23.1 Å². The van der Waals surface area contributed by atoms with Gasteiger partial charge in [-0.15, -0.1) is 0 Å². The molecule has 0 spiro atoms. The molecule has 0 bridgehead atoms. The Hall–Kier alpha value is -3.29. The van der Waals surface area contributed by atoms with Gasteiger partial charge >= 0.3 is 0 Å². The van der Waals surface area contributed by atoms with E-state index in [1.54, 1.807) is 10.7 Å². The molecule has 2 aliphatic rings. The fourth-order valence-corrected chi connectivity index (χ4v) is 5.42. The highest BCUT2D eigenvalue weighted by molar-refractivity contribution is 5.61. The van der Waals surface area contributed by atoms with Gasteiger partial charge in [-0.25, -0.2) is 23.0 Å². The van der Waals surface area contributed by atoms with Crippen molar-refractivity contribution in [1.29, 1.82) is 0 Å². The minimum atomic E-state index is -0.424. The molecule has 0 amide bonds. The van der Waals surface area contributed by atoms with Crippen LogP contribution in [0.2, 0.25) is 0 Å². The van der Waals surface area contributed by atoms with E-state index in [2.05, 4.69) is 21.3 Å². The van der Waals surface area contributed by atoms with Gasteiger partial charge in [0.25, 0.3) is 0 Å². The molecule has 33 heavy (non-hydrogen) atoms. The summed E-state index contributed by atoms with van der Waals surface area (Å²) in [4.78, 5) is 6.95. The fourth-order valence-electron chi connectivity index (χ4n) is 5.42. The van der Waals surface area contributed by atoms with Gasteiger partial charge in [0.1, 0.15) is 23.1 Å². The van der Waals surface area contributed by atoms with Crippen molar-refractivity contribution >= 4 is 11.5 Å². The third kappa shape index (κ3) is 3.67. The van der Waals surface area contributed by atoms with Crippen LogP contribution in [0.1, 0.15) is 68.0 Å². The van der Waals surface area contributed by atoms with Gasteiger partial charge in [0.2, 0.25) is 0 Å². The van der Waals surface area contributed by atoms with Crippen molar-refractivity contribution < 1.29 is 8.78 Å². The Morgan fingerprint density at radius 3 is 2.67 bits per heavy atom. The third-order valence-electron chi connectivity index (χ3n) is 7.13. The number of fused-ring (bicyclic) bond motifs is 1. The summed E-state index contributed by atoms with van der Waals surface area (Å²) in [5.74, 6) is 0.498. The van der Waals surface area contributed by atoms with Crippen molar-refractivity contribution in [3.8, 4) is 5.69 Å². The van der Waals surface area contributed by atoms with E-state index in [-0.39, 0.29) is 11.9 Å². The number of benzene rings is 1. The van der Waals surface area contributed by atoms with Gasteiger partial charge < -0.3 is 4.90 Å². The van der Waals surface area contributed by atoms with E-state index in [0.29, 0.717) is 17.1 Å². The Bertz CT molecular complexity index is 1290. The van der Waals surface area contributed by atoms with Gasteiger partial charge in [-0.2, -0.15) is 10.2 Å². The Kier molecular flexibility index (Phi) is 5.08. The number of hydrogen-bond donors (Lipinski definition) is 0. The molecule has 3 aromatic heterocycles. The molecule has 1 aliphatic carbocycles. The predicted molar refractivity (Wildman–Crippen MR) is 122 cm³/mol.